The first-order chi connectivity index (χ1) is 12.4. The second kappa shape index (κ2) is 7.55. The molecule has 0 bridgehead atoms. The predicted molar refractivity (Wildman–Crippen MR) is 101 cm³/mol. The Morgan fingerprint density at radius 3 is 2.77 bits per heavy atom. The summed E-state index contributed by atoms with van der Waals surface area (Å²) in [5.41, 5.74) is 2.49. The summed E-state index contributed by atoms with van der Waals surface area (Å²) < 4.78 is 1.69. The van der Waals surface area contributed by atoms with Crippen molar-refractivity contribution in [1.29, 1.82) is 0 Å². The monoisotopic (exact) mass is 389 g/mol. The number of ketones is 2. The third-order valence-electron chi connectivity index (χ3n) is 4.07. The molecule has 0 amide bonds. The van der Waals surface area contributed by atoms with Gasteiger partial charge in [0.2, 0.25) is 5.16 Å². The number of thioether (sulfide) groups is 1. The zero-order valence-corrected chi connectivity index (χ0v) is 16.6. The van der Waals surface area contributed by atoms with Crippen LogP contribution < -0.4 is 0 Å². The third kappa shape index (κ3) is 3.63. The van der Waals surface area contributed by atoms with Gasteiger partial charge in [0, 0.05) is 16.1 Å². The molecule has 26 heavy (non-hydrogen) atoms. The first-order valence-electron chi connectivity index (χ1n) is 8.08. The summed E-state index contributed by atoms with van der Waals surface area (Å²) in [6.45, 7) is 7.50. The topological polar surface area (TPSA) is 93.5 Å². The smallest absolute Gasteiger partial charge is 0.210 e. The van der Waals surface area contributed by atoms with E-state index in [-0.39, 0.29) is 16.8 Å². The normalized spacial score (nSPS) is 12.3. The molecule has 1 atom stereocenters. The number of aromatic amines is 1. The predicted octanol–water partition coefficient (Wildman–Crippen LogP) is 3.29. The van der Waals surface area contributed by atoms with Gasteiger partial charge in [-0.25, -0.2) is 4.68 Å². The van der Waals surface area contributed by atoms with E-state index >= 15 is 0 Å². The number of H-pyrrole nitrogens is 1. The van der Waals surface area contributed by atoms with Crippen LogP contribution in [0.2, 0.25) is 0 Å². The van der Waals surface area contributed by atoms with E-state index in [9.17, 15) is 9.59 Å². The average molecular weight is 390 g/mol. The van der Waals surface area contributed by atoms with Gasteiger partial charge in [-0.1, -0.05) is 17.8 Å². The summed E-state index contributed by atoms with van der Waals surface area (Å²) in [4.78, 5) is 28.9. The van der Waals surface area contributed by atoms with Crippen LogP contribution in [0.25, 0.3) is 0 Å². The van der Waals surface area contributed by atoms with E-state index in [0.29, 0.717) is 28.5 Å². The molecule has 0 aliphatic carbocycles. The summed E-state index contributed by atoms with van der Waals surface area (Å²) in [6, 6.07) is 4.00. The summed E-state index contributed by atoms with van der Waals surface area (Å²) >= 11 is 2.94. The third-order valence-corrected chi connectivity index (χ3v) is 6.00. The van der Waals surface area contributed by atoms with E-state index in [2.05, 4.69) is 20.5 Å². The van der Waals surface area contributed by atoms with Crippen LogP contribution >= 0.6 is 23.1 Å². The van der Waals surface area contributed by atoms with Crippen molar-refractivity contribution in [2.45, 2.75) is 44.6 Å². The molecule has 136 valence electrons. The lowest BCUT2D eigenvalue weighted by molar-refractivity contribution is 0.0988. The zero-order chi connectivity index (χ0) is 18.8. The quantitative estimate of drug-likeness (QED) is 0.492. The Morgan fingerprint density at radius 2 is 2.15 bits per heavy atom. The van der Waals surface area contributed by atoms with Crippen molar-refractivity contribution in [3.63, 3.8) is 0 Å². The van der Waals surface area contributed by atoms with Crippen LogP contribution in [0.15, 0.2) is 22.7 Å². The highest BCUT2D eigenvalue weighted by Gasteiger charge is 2.25. The molecule has 0 saturated heterocycles. The fourth-order valence-corrected chi connectivity index (χ4v) is 4.40. The molecule has 3 aromatic rings. The van der Waals surface area contributed by atoms with Gasteiger partial charge < -0.3 is 4.98 Å². The molecule has 7 nitrogen and oxygen atoms in total. The lowest BCUT2D eigenvalue weighted by Gasteiger charge is -2.09. The molecule has 0 aliphatic heterocycles. The van der Waals surface area contributed by atoms with Gasteiger partial charge in [0.15, 0.2) is 11.6 Å². The Labute approximate surface area is 159 Å². The van der Waals surface area contributed by atoms with Crippen molar-refractivity contribution in [2.75, 3.05) is 0 Å². The number of tetrazole rings is 1. The average Bonchev–Trinajstić information content (AvgIpc) is 3.29. The van der Waals surface area contributed by atoms with Gasteiger partial charge in [0.05, 0.1) is 17.5 Å². The summed E-state index contributed by atoms with van der Waals surface area (Å²) in [6.07, 6.45) is 0. The lowest BCUT2D eigenvalue weighted by Crippen LogP contribution is -2.16. The highest BCUT2D eigenvalue weighted by atomic mass is 32.2. The fraction of sp³-hybridized carbons (Fsp3) is 0.353. The molecule has 0 aliphatic rings. The van der Waals surface area contributed by atoms with Crippen molar-refractivity contribution >= 4 is 34.7 Å². The number of aryl methyl sites for hydroxylation is 1. The SMILES string of the molecule is CC(=O)c1c(C)[nH]c(C(=O)C(C)Sc2nnnn2Cc2cccs2)c1C. The molecule has 0 radical (unpaired) electrons. The van der Waals surface area contributed by atoms with Gasteiger partial charge in [-0.3, -0.25) is 9.59 Å². The molecule has 0 aromatic carbocycles. The number of Topliss-reactive ketones (excluding diaryl/α,β-unsaturated/α-hetero) is 2. The van der Waals surface area contributed by atoms with Crippen molar-refractivity contribution in [3.05, 3.63) is 44.9 Å². The van der Waals surface area contributed by atoms with Crippen molar-refractivity contribution in [3.8, 4) is 0 Å². The molecule has 3 aromatic heterocycles. The fourth-order valence-electron chi connectivity index (χ4n) is 2.87. The number of nitrogens with one attached hydrogen (secondary N) is 1. The molecule has 1 N–H and O–H groups in total. The molecule has 1 unspecified atom stereocenters. The number of carbonyl (C=O) groups is 2. The van der Waals surface area contributed by atoms with E-state index < -0.39 is 0 Å². The Hall–Kier alpha value is -2.26. The molecular formula is C17H19N5O2S2. The molecular weight excluding hydrogens is 370 g/mol. The van der Waals surface area contributed by atoms with Crippen molar-refractivity contribution in [2.24, 2.45) is 0 Å². The highest BCUT2D eigenvalue weighted by Crippen LogP contribution is 2.27. The number of rotatable bonds is 7. The van der Waals surface area contributed by atoms with Crippen LogP contribution in [0.4, 0.5) is 0 Å². The Bertz CT molecular complexity index is 943. The number of aromatic nitrogens is 5. The van der Waals surface area contributed by atoms with E-state index in [1.807, 2.05) is 24.4 Å². The van der Waals surface area contributed by atoms with Gasteiger partial charge in [-0.2, -0.15) is 0 Å². The van der Waals surface area contributed by atoms with Crippen molar-refractivity contribution in [1.82, 2.24) is 25.2 Å². The molecule has 0 saturated carbocycles. The largest absolute Gasteiger partial charge is 0.355 e. The molecule has 0 spiro atoms. The minimum Gasteiger partial charge on any atom is -0.355 e. The molecule has 3 heterocycles. The van der Waals surface area contributed by atoms with Crippen molar-refractivity contribution < 1.29 is 9.59 Å². The highest BCUT2D eigenvalue weighted by molar-refractivity contribution is 8.00. The standard InChI is InChI=1S/C17H19N5O2S2/c1-9-14(11(3)23)10(2)18-15(9)16(24)12(4)26-17-19-20-21-22(17)8-13-6-5-7-25-13/h5-7,12,18H,8H2,1-4H3. The number of thiophene rings is 1. The van der Waals surface area contributed by atoms with Gasteiger partial charge in [0.1, 0.15) is 0 Å². The van der Waals surface area contributed by atoms with Crippen LogP contribution in [0.3, 0.4) is 0 Å². The maximum absolute atomic E-state index is 12.9. The Balaban J connectivity index is 1.78. The van der Waals surface area contributed by atoms with Crippen LogP contribution in [0, 0.1) is 13.8 Å². The maximum atomic E-state index is 12.9. The number of carbonyl (C=O) groups excluding carboxylic acids is 2. The van der Waals surface area contributed by atoms with Gasteiger partial charge in [-0.05, 0) is 55.1 Å². The van der Waals surface area contributed by atoms with Crippen LogP contribution in [0.5, 0.6) is 0 Å². The van der Waals surface area contributed by atoms with E-state index in [0.717, 1.165) is 10.6 Å². The second-order valence-electron chi connectivity index (χ2n) is 6.00. The molecule has 9 heteroatoms. The first kappa shape index (κ1) is 18.5. The minimum atomic E-state index is -0.389. The van der Waals surface area contributed by atoms with E-state index in [4.69, 9.17) is 0 Å². The van der Waals surface area contributed by atoms with E-state index in [1.165, 1.54) is 18.7 Å². The van der Waals surface area contributed by atoms with E-state index in [1.54, 1.807) is 29.9 Å². The Morgan fingerprint density at radius 1 is 1.38 bits per heavy atom. The summed E-state index contributed by atoms with van der Waals surface area (Å²) in [7, 11) is 0. The second-order valence-corrected chi connectivity index (χ2v) is 8.34. The number of nitrogens with zero attached hydrogens (tertiary/aromatic N) is 4. The van der Waals surface area contributed by atoms with Gasteiger partial charge in [0.25, 0.3) is 0 Å². The maximum Gasteiger partial charge on any atom is 0.210 e. The molecule has 0 fully saturated rings. The number of hydrogen-bond acceptors (Lipinski definition) is 7. The zero-order valence-electron chi connectivity index (χ0n) is 14.9. The first-order valence-corrected chi connectivity index (χ1v) is 9.84. The summed E-state index contributed by atoms with van der Waals surface area (Å²) in [5, 5.41) is 14.0. The minimum absolute atomic E-state index is 0.0458. The van der Waals surface area contributed by atoms with Crippen LogP contribution in [0.1, 0.15) is 50.8 Å². The van der Waals surface area contributed by atoms with Crippen LogP contribution in [-0.2, 0) is 6.54 Å². The molecule has 3 rings (SSSR count). The Kier molecular flexibility index (Phi) is 5.38. The summed E-state index contributed by atoms with van der Waals surface area (Å²) in [5.74, 6) is -0.121. The lowest BCUT2D eigenvalue weighted by atomic mass is 10.0. The number of hydrogen-bond donors (Lipinski definition) is 1. The van der Waals surface area contributed by atoms with Gasteiger partial charge in [-0.15, -0.1) is 16.4 Å². The van der Waals surface area contributed by atoms with Crippen LogP contribution in [-0.4, -0.2) is 42.0 Å². The van der Waals surface area contributed by atoms with Gasteiger partial charge >= 0.3 is 0 Å².